The van der Waals surface area contributed by atoms with Crippen LogP contribution < -0.4 is 11.3 Å². The van der Waals surface area contributed by atoms with Gasteiger partial charge < -0.3 is 0 Å². The molecule has 0 aromatic carbocycles. The Balaban J connectivity index is 2.13. The van der Waals surface area contributed by atoms with E-state index in [0.29, 0.717) is 0 Å². The number of hydrogen-bond donors (Lipinski definition) is 2. The van der Waals surface area contributed by atoms with Crippen LogP contribution in [-0.2, 0) is 26.4 Å². The van der Waals surface area contributed by atoms with Crippen LogP contribution in [0.25, 0.3) is 0 Å². The predicted octanol–water partition coefficient (Wildman–Crippen LogP) is 0.265. The quantitative estimate of drug-likeness (QED) is 0.584. The molecule has 0 saturated heterocycles. The SMILES string of the molecule is CCn1ncnc1CC(Cc1c(C)nn(C)c1C)NN. The number of hydrogen-bond acceptors (Lipinski definition) is 5. The lowest BCUT2D eigenvalue weighted by Gasteiger charge is -2.16. The van der Waals surface area contributed by atoms with Crippen LogP contribution in [-0.4, -0.2) is 30.6 Å². The van der Waals surface area contributed by atoms with Gasteiger partial charge >= 0.3 is 0 Å². The average Bonchev–Trinajstić information content (AvgIpc) is 2.97. The Kier molecular flexibility index (Phi) is 4.51. The lowest BCUT2D eigenvalue weighted by molar-refractivity contribution is 0.488. The molecular formula is C13H23N7. The highest BCUT2D eigenvalue weighted by atomic mass is 15.3. The first-order chi connectivity index (χ1) is 9.56. The van der Waals surface area contributed by atoms with Crippen molar-refractivity contribution in [3.63, 3.8) is 0 Å². The highest BCUT2D eigenvalue weighted by molar-refractivity contribution is 5.25. The zero-order valence-corrected chi connectivity index (χ0v) is 12.6. The van der Waals surface area contributed by atoms with Crippen molar-refractivity contribution in [1.82, 2.24) is 30.0 Å². The van der Waals surface area contributed by atoms with Gasteiger partial charge in [0.15, 0.2) is 0 Å². The van der Waals surface area contributed by atoms with Gasteiger partial charge in [-0.3, -0.25) is 20.6 Å². The first-order valence-electron chi connectivity index (χ1n) is 6.88. The molecule has 0 aliphatic heterocycles. The van der Waals surface area contributed by atoms with E-state index in [1.165, 1.54) is 11.3 Å². The molecule has 0 radical (unpaired) electrons. The molecule has 110 valence electrons. The Hall–Kier alpha value is -1.73. The maximum Gasteiger partial charge on any atom is 0.138 e. The van der Waals surface area contributed by atoms with Crippen molar-refractivity contribution in [2.75, 3.05) is 0 Å². The highest BCUT2D eigenvalue weighted by Crippen LogP contribution is 2.15. The summed E-state index contributed by atoms with van der Waals surface area (Å²) in [6, 6.07) is 0.117. The molecule has 2 rings (SSSR count). The van der Waals surface area contributed by atoms with Crippen LogP contribution in [0.1, 0.15) is 29.7 Å². The summed E-state index contributed by atoms with van der Waals surface area (Å²) in [7, 11) is 1.96. The second-order valence-electron chi connectivity index (χ2n) is 5.04. The third kappa shape index (κ3) is 2.88. The average molecular weight is 277 g/mol. The topological polar surface area (TPSA) is 86.6 Å². The van der Waals surface area contributed by atoms with Crippen LogP contribution in [0.4, 0.5) is 0 Å². The van der Waals surface area contributed by atoms with Crippen molar-refractivity contribution in [3.05, 3.63) is 29.1 Å². The van der Waals surface area contributed by atoms with Gasteiger partial charge in [-0.15, -0.1) is 0 Å². The standard InChI is InChI=1S/C13H23N7/c1-5-20-13(15-8-16-20)7-11(17-14)6-12-9(2)18-19(4)10(12)3/h8,11,17H,5-7,14H2,1-4H3. The molecular weight excluding hydrogens is 254 g/mol. The summed E-state index contributed by atoms with van der Waals surface area (Å²) in [6.07, 6.45) is 3.17. The second kappa shape index (κ2) is 6.15. The Morgan fingerprint density at radius 2 is 2.10 bits per heavy atom. The summed E-state index contributed by atoms with van der Waals surface area (Å²) in [5.74, 6) is 6.65. The van der Waals surface area contributed by atoms with Crippen molar-refractivity contribution in [2.24, 2.45) is 12.9 Å². The fourth-order valence-electron chi connectivity index (χ4n) is 2.48. The summed E-state index contributed by atoms with van der Waals surface area (Å²) in [5.41, 5.74) is 6.37. The van der Waals surface area contributed by atoms with Gasteiger partial charge in [-0.05, 0) is 32.8 Å². The van der Waals surface area contributed by atoms with Crippen LogP contribution in [0.5, 0.6) is 0 Å². The predicted molar refractivity (Wildman–Crippen MR) is 76.9 cm³/mol. The van der Waals surface area contributed by atoms with Crippen molar-refractivity contribution in [2.45, 2.75) is 46.2 Å². The van der Waals surface area contributed by atoms with Crippen molar-refractivity contribution in [3.8, 4) is 0 Å². The van der Waals surface area contributed by atoms with Gasteiger partial charge in [0.2, 0.25) is 0 Å². The van der Waals surface area contributed by atoms with Crippen molar-refractivity contribution < 1.29 is 0 Å². The Morgan fingerprint density at radius 3 is 2.65 bits per heavy atom. The van der Waals surface area contributed by atoms with E-state index in [4.69, 9.17) is 5.84 Å². The molecule has 2 aromatic rings. The molecule has 2 aromatic heterocycles. The highest BCUT2D eigenvalue weighted by Gasteiger charge is 2.17. The minimum atomic E-state index is 0.117. The van der Waals surface area contributed by atoms with E-state index in [1.807, 2.05) is 23.3 Å². The fraction of sp³-hybridized carbons (Fsp3) is 0.615. The maximum atomic E-state index is 5.70. The molecule has 0 saturated carbocycles. The number of hydrazine groups is 1. The van der Waals surface area contributed by atoms with Gasteiger partial charge in [0.1, 0.15) is 12.2 Å². The van der Waals surface area contributed by atoms with Crippen LogP contribution in [0.15, 0.2) is 6.33 Å². The number of aromatic nitrogens is 5. The number of aryl methyl sites for hydroxylation is 3. The van der Waals surface area contributed by atoms with Gasteiger partial charge in [0.25, 0.3) is 0 Å². The van der Waals surface area contributed by atoms with Gasteiger partial charge in [-0.25, -0.2) is 4.98 Å². The molecule has 7 nitrogen and oxygen atoms in total. The van der Waals surface area contributed by atoms with E-state index in [0.717, 1.165) is 30.9 Å². The summed E-state index contributed by atoms with van der Waals surface area (Å²) >= 11 is 0. The Bertz CT molecular complexity index is 569. The number of nitrogens with two attached hydrogens (primary N) is 1. The third-order valence-corrected chi connectivity index (χ3v) is 3.77. The molecule has 1 unspecified atom stereocenters. The molecule has 3 N–H and O–H groups in total. The molecule has 20 heavy (non-hydrogen) atoms. The molecule has 0 aliphatic carbocycles. The van der Waals surface area contributed by atoms with Gasteiger partial charge in [0, 0.05) is 31.7 Å². The molecule has 0 bridgehead atoms. The lowest BCUT2D eigenvalue weighted by atomic mass is 10.0. The summed E-state index contributed by atoms with van der Waals surface area (Å²) < 4.78 is 3.81. The van der Waals surface area contributed by atoms with Crippen LogP contribution in [0, 0.1) is 13.8 Å². The fourth-order valence-corrected chi connectivity index (χ4v) is 2.48. The monoisotopic (exact) mass is 277 g/mol. The molecule has 7 heteroatoms. The molecule has 0 aliphatic rings. The van der Waals surface area contributed by atoms with E-state index in [-0.39, 0.29) is 6.04 Å². The molecule has 1 atom stereocenters. The molecule has 0 spiro atoms. The summed E-state index contributed by atoms with van der Waals surface area (Å²) in [6.45, 7) is 6.98. The van der Waals surface area contributed by atoms with Crippen LogP contribution >= 0.6 is 0 Å². The number of nitrogens with zero attached hydrogens (tertiary/aromatic N) is 5. The van der Waals surface area contributed by atoms with Crippen LogP contribution in [0.3, 0.4) is 0 Å². The summed E-state index contributed by atoms with van der Waals surface area (Å²) in [5, 5.41) is 8.63. The van der Waals surface area contributed by atoms with E-state index in [1.54, 1.807) is 6.33 Å². The first-order valence-corrected chi connectivity index (χ1v) is 6.88. The minimum absolute atomic E-state index is 0.117. The second-order valence-corrected chi connectivity index (χ2v) is 5.04. The van der Waals surface area contributed by atoms with Crippen molar-refractivity contribution in [1.29, 1.82) is 0 Å². The minimum Gasteiger partial charge on any atom is -0.272 e. The third-order valence-electron chi connectivity index (χ3n) is 3.77. The smallest absolute Gasteiger partial charge is 0.138 e. The largest absolute Gasteiger partial charge is 0.272 e. The Labute approximate surface area is 119 Å². The van der Waals surface area contributed by atoms with Gasteiger partial charge in [0.05, 0.1) is 5.69 Å². The molecule has 0 amide bonds. The Morgan fingerprint density at radius 1 is 1.35 bits per heavy atom. The van der Waals surface area contributed by atoms with E-state index in [2.05, 4.69) is 34.5 Å². The van der Waals surface area contributed by atoms with E-state index < -0.39 is 0 Å². The van der Waals surface area contributed by atoms with E-state index >= 15 is 0 Å². The molecule has 2 heterocycles. The zero-order chi connectivity index (χ0) is 14.7. The van der Waals surface area contributed by atoms with Gasteiger partial charge in [-0.1, -0.05) is 0 Å². The number of nitrogens with one attached hydrogen (secondary N) is 1. The zero-order valence-electron chi connectivity index (χ0n) is 12.6. The maximum absolute atomic E-state index is 5.70. The summed E-state index contributed by atoms with van der Waals surface area (Å²) in [4.78, 5) is 4.30. The normalized spacial score (nSPS) is 12.8. The number of rotatable bonds is 6. The van der Waals surface area contributed by atoms with Gasteiger partial charge in [-0.2, -0.15) is 10.2 Å². The lowest BCUT2D eigenvalue weighted by Crippen LogP contribution is -2.39. The van der Waals surface area contributed by atoms with Crippen molar-refractivity contribution >= 4 is 0 Å². The molecule has 0 fully saturated rings. The van der Waals surface area contributed by atoms with E-state index in [9.17, 15) is 0 Å². The van der Waals surface area contributed by atoms with Crippen LogP contribution in [0.2, 0.25) is 0 Å². The first kappa shape index (κ1) is 14.7.